The van der Waals surface area contributed by atoms with E-state index in [-0.39, 0.29) is 30.0 Å². The molecule has 1 aromatic carbocycles. The van der Waals surface area contributed by atoms with E-state index in [2.05, 4.69) is 35.7 Å². The maximum atomic E-state index is 14.5. The van der Waals surface area contributed by atoms with Crippen LogP contribution in [0.5, 0.6) is 5.75 Å². The number of carbonyl (C=O) groups excluding carboxylic acids is 3. The maximum absolute atomic E-state index is 14.5. The number of hydrogen-bond acceptors (Lipinski definition) is 9. The number of pyridine rings is 1. The van der Waals surface area contributed by atoms with Crippen molar-refractivity contribution in [3.8, 4) is 5.75 Å². The van der Waals surface area contributed by atoms with Crippen molar-refractivity contribution in [1.82, 2.24) is 25.0 Å². The number of nitrogens with zero attached hydrogens (tertiary/aromatic N) is 4. The summed E-state index contributed by atoms with van der Waals surface area (Å²) < 4.78 is 56.5. The molecule has 0 saturated carbocycles. The molecule has 13 nitrogen and oxygen atoms in total. The van der Waals surface area contributed by atoms with E-state index in [1.54, 1.807) is 0 Å². The van der Waals surface area contributed by atoms with Gasteiger partial charge in [-0.3, -0.25) is 19.3 Å². The van der Waals surface area contributed by atoms with Crippen molar-refractivity contribution >= 4 is 34.9 Å². The van der Waals surface area contributed by atoms with Crippen LogP contribution in [0.2, 0.25) is 0 Å². The van der Waals surface area contributed by atoms with Gasteiger partial charge in [0.05, 0.1) is 30.5 Å². The number of benzene rings is 1. The molecular formula is C25H27F4N9O4. The number of halogens is 4. The summed E-state index contributed by atoms with van der Waals surface area (Å²) in [7, 11) is 0. The van der Waals surface area contributed by atoms with Gasteiger partial charge < -0.3 is 32.2 Å². The van der Waals surface area contributed by atoms with Gasteiger partial charge in [0, 0.05) is 32.7 Å². The molecule has 1 saturated heterocycles. The number of rotatable bonds is 10. The van der Waals surface area contributed by atoms with Crippen LogP contribution in [0.25, 0.3) is 0 Å². The normalized spacial score (nSPS) is 13.9. The van der Waals surface area contributed by atoms with Gasteiger partial charge in [-0.05, 0) is 23.8 Å². The molecule has 2 aromatic heterocycles. The van der Waals surface area contributed by atoms with Crippen molar-refractivity contribution in [2.24, 2.45) is 5.73 Å². The predicted octanol–water partition coefficient (Wildman–Crippen LogP) is 1.34. The average Bonchev–Trinajstić information content (AvgIpc) is 3.26. The third kappa shape index (κ3) is 7.91. The Hall–Kier alpha value is -4.77. The van der Waals surface area contributed by atoms with Crippen molar-refractivity contribution in [2.45, 2.75) is 19.3 Å². The number of piperazine rings is 1. The summed E-state index contributed by atoms with van der Waals surface area (Å²) in [6, 6.07) is 5.76. The van der Waals surface area contributed by atoms with Gasteiger partial charge in [-0.15, -0.1) is 13.2 Å². The molecule has 0 aliphatic carbocycles. The molecule has 0 bridgehead atoms. The van der Waals surface area contributed by atoms with Gasteiger partial charge in [0.15, 0.2) is 5.69 Å². The van der Waals surface area contributed by atoms with Crippen LogP contribution in [0, 0.1) is 5.95 Å². The summed E-state index contributed by atoms with van der Waals surface area (Å²) in [6.45, 7) is 4.08. The minimum absolute atomic E-state index is 0.00455. The van der Waals surface area contributed by atoms with Gasteiger partial charge >= 0.3 is 6.36 Å². The lowest BCUT2D eigenvalue weighted by atomic mass is 10.1. The Kier molecular flexibility index (Phi) is 9.21. The van der Waals surface area contributed by atoms with E-state index in [1.807, 2.05) is 0 Å². The molecule has 7 N–H and O–H groups in total. The first-order valence-electron chi connectivity index (χ1n) is 12.6. The number of amides is 3. The second-order valence-electron chi connectivity index (χ2n) is 9.22. The van der Waals surface area contributed by atoms with Gasteiger partial charge in [-0.2, -0.15) is 9.49 Å². The maximum Gasteiger partial charge on any atom is 0.573 e. The molecule has 0 atom stereocenters. The third-order valence-electron chi connectivity index (χ3n) is 6.18. The first kappa shape index (κ1) is 30.2. The zero-order valence-corrected chi connectivity index (χ0v) is 22.0. The lowest BCUT2D eigenvalue weighted by Gasteiger charge is -2.27. The molecule has 4 rings (SSSR count). The van der Waals surface area contributed by atoms with Crippen LogP contribution in [-0.4, -0.2) is 76.5 Å². The van der Waals surface area contributed by atoms with E-state index in [0.29, 0.717) is 12.1 Å². The Balaban J connectivity index is 1.42. The number of primary amides is 1. The molecule has 3 aromatic rings. The van der Waals surface area contributed by atoms with Gasteiger partial charge in [-0.1, -0.05) is 12.1 Å². The van der Waals surface area contributed by atoms with E-state index in [9.17, 15) is 31.9 Å². The van der Waals surface area contributed by atoms with E-state index in [1.165, 1.54) is 16.8 Å². The van der Waals surface area contributed by atoms with E-state index in [4.69, 9.17) is 11.5 Å². The van der Waals surface area contributed by atoms with Crippen molar-refractivity contribution in [3.05, 3.63) is 59.3 Å². The third-order valence-corrected chi connectivity index (χ3v) is 6.18. The highest BCUT2D eigenvalue weighted by atomic mass is 19.4. The van der Waals surface area contributed by atoms with Crippen LogP contribution in [0.1, 0.15) is 26.4 Å². The minimum atomic E-state index is -4.85. The van der Waals surface area contributed by atoms with Crippen LogP contribution in [0.4, 0.5) is 34.8 Å². The van der Waals surface area contributed by atoms with Gasteiger partial charge in [0.25, 0.3) is 11.8 Å². The smallest absolute Gasteiger partial charge is 0.406 e. The second kappa shape index (κ2) is 12.8. The fourth-order valence-electron chi connectivity index (χ4n) is 4.20. The topological polar surface area (TPSA) is 183 Å². The van der Waals surface area contributed by atoms with Crippen molar-refractivity contribution < 1.29 is 36.7 Å². The lowest BCUT2D eigenvalue weighted by Crippen LogP contribution is -2.44. The SMILES string of the molecule is NC(=O)c1c(C(=O)Nc2cc(NC(=O)Cc3ccc(OC(F)(F)F)cc3)cnc2F)nn(CCN2CCNCC2)c1N. The van der Waals surface area contributed by atoms with Gasteiger partial charge in [-0.25, -0.2) is 9.67 Å². The highest BCUT2D eigenvalue weighted by Crippen LogP contribution is 2.24. The first-order chi connectivity index (χ1) is 19.9. The Morgan fingerprint density at radius 3 is 2.40 bits per heavy atom. The summed E-state index contributed by atoms with van der Waals surface area (Å²) in [5.74, 6) is -4.23. The molecule has 1 aliphatic rings. The molecule has 1 aliphatic heterocycles. The molecule has 3 heterocycles. The lowest BCUT2D eigenvalue weighted by molar-refractivity contribution is -0.274. The number of nitrogens with two attached hydrogens (primary N) is 2. The van der Waals surface area contributed by atoms with Crippen molar-refractivity contribution in [3.63, 3.8) is 0 Å². The largest absolute Gasteiger partial charge is 0.573 e. The predicted molar refractivity (Wildman–Crippen MR) is 142 cm³/mol. The van der Waals surface area contributed by atoms with E-state index < -0.39 is 47.2 Å². The Labute approximate surface area is 236 Å². The van der Waals surface area contributed by atoms with Gasteiger partial charge in [0.2, 0.25) is 11.9 Å². The Morgan fingerprint density at radius 1 is 1.07 bits per heavy atom. The monoisotopic (exact) mass is 593 g/mol. The number of nitrogen functional groups attached to an aromatic ring is 1. The molecule has 224 valence electrons. The molecule has 3 amide bonds. The fourth-order valence-corrected chi connectivity index (χ4v) is 4.20. The molecule has 0 unspecified atom stereocenters. The second-order valence-corrected chi connectivity index (χ2v) is 9.22. The summed E-state index contributed by atoms with van der Waals surface area (Å²) in [5, 5.41) is 12.1. The minimum Gasteiger partial charge on any atom is -0.406 e. The molecular weight excluding hydrogens is 566 g/mol. The molecule has 0 radical (unpaired) electrons. The number of nitrogens with one attached hydrogen (secondary N) is 3. The summed E-state index contributed by atoms with van der Waals surface area (Å²) in [6.07, 6.45) is -4.08. The summed E-state index contributed by atoms with van der Waals surface area (Å²) in [5.41, 5.74) is 10.7. The van der Waals surface area contributed by atoms with Crippen LogP contribution >= 0.6 is 0 Å². The fraction of sp³-hybridized carbons (Fsp3) is 0.320. The van der Waals surface area contributed by atoms with E-state index in [0.717, 1.165) is 50.6 Å². The molecule has 0 spiro atoms. The van der Waals surface area contributed by atoms with Gasteiger partial charge in [0.1, 0.15) is 17.1 Å². The van der Waals surface area contributed by atoms with Crippen molar-refractivity contribution in [2.75, 3.05) is 49.1 Å². The standard InChI is InChI=1S/C25H27F4N9O4/c26-21-17(12-15(13-33-21)34-18(39)11-14-1-3-16(4-2-14)42-25(27,28)29)35-24(41)20-19(23(31)40)22(30)38(36-20)10-9-37-7-5-32-6-8-37/h1-4,12-13,32H,5-11,30H2,(H2,31,40)(H,34,39)(H,35,41). The molecule has 42 heavy (non-hydrogen) atoms. The van der Waals surface area contributed by atoms with Crippen LogP contribution in [0.15, 0.2) is 36.5 Å². The number of hydrogen-bond donors (Lipinski definition) is 5. The summed E-state index contributed by atoms with van der Waals surface area (Å²) in [4.78, 5) is 43.2. The summed E-state index contributed by atoms with van der Waals surface area (Å²) >= 11 is 0. The number of carbonyl (C=O) groups is 3. The zero-order chi connectivity index (χ0) is 30.4. The quantitative estimate of drug-likeness (QED) is 0.171. The Morgan fingerprint density at radius 2 is 1.76 bits per heavy atom. The average molecular weight is 594 g/mol. The first-order valence-corrected chi connectivity index (χ1v) is 12.6. The van der Waals surface area contributed by atoms with Crippen LogP contribution in [0.3, 0.4) is 0 Å². The number of ether oxygens (including phenoxy) is 1. The van der Waals surface area contributed by atoms with Crippen LogP contribution < -0.4 is 32.2 Å². The Bertz CT molecular complexity index is 1460. The number of alkyl halides is 3. The highest BCUT2D eigenvalue weighted by Gasteiger charge is 2.31. The zero-order valence-electron chi connectivity index (χ0n) is 22.0. The van der Waals surface area contributed by atoms with Crippen LogP contribution in [-0.2, 0) is 17.8 Å². The number of aromatic nitrogens is 3. The molecule has 17 heteroatoms. The highest BCUT2D eigenvalue weighted by molar-refractivity contribution is 6.12. The van der Waals surface area contributed by atoms with Crippen molar-refractivity contribution in [1.29, 1.82) is 0 Å². The van der Waals surface area contributed by atoms with E-state index >= 15 is 0 Å². The molecule has 1 fully saturated rings. The number of anilines is 3.